The molecule has 0 radical (unpaired) electrons. The third-order valence-corrected chi connectivity index (χ3v) is 4.98. The first kappa shape index (κ1) is 27.1. The lowest BCUT2D eigenvalue weighted by atomic mass is 10.1. The molecule has 8 nitrogen and oxygen atoms in total. The Kier molecular flexibility index (Phi) is 10.8. The zero-order valence-corrected chi connectivity index (χ0v) is 20.5. The number of nitrogens with one attached hydrogen (secondary N) is 2. The number of amides is 1. The summed E-state index contributed by atoms with van der Waals surface area (Å²) in [5, 5.41) is 6.13. The smallest absolute Gasteiger partial charge is 0.352 e. The fraction of sp³-hybridized carbons (Fsp3) is 0.333. The van der Waals surface area contributed by atoms with Crippen LogP contribution in [-0.2, 0) is 25.5 Å². The SMILES string of the molecule is CC(C)(Oc1ccc(CCNC(=O)c2ccc(Cl)cc2)cc1)C(=O)OCOC(=O)CCNC=S. The quantitative estimate of drug-likeness (QED) is 0.184. The van der Waals surface area contributed by atoms with Crippen molar-refractivity contribution >= 4 is 47.2 Å². The lowest BCUT2D eigenvalue weighted by molar-refractivity contribution is -0.177. The second-order valence-corrected chi connectivity index (χ2v) is 8.33. The van der Waals surface area contributed by atoms with Crippen molar-refractivity contribution in [3.8, 4) is 5.75 Å². The van der Waals surface area contributed by atoms with Crippen molar-refractivity contribution in [1.82, 2.24) is 10.6 Å². The molecule has 0 spiro atoms. The van der Waals surface area contributed by atoms with Gasteiger partial charge in [0.2, 0.25) is 6.79 Å². The maximum Gasteiger partial charge on any atom is 0.352 e. The van der Waals surface area contributed by atoms with Gasteiger partial charge in [0.25, 0.3) is 5.91 Å². The number of halogens is 1. The number of hydrogen-bond acceptors (Lipinski definition) is 7. The molecule has 0 bridgehead atoms. The van der Waals surface area contributed by atoms with Crippen LogP contribution >= 0.6 is 23.8 Å². The van der Waals surface area contributed by atoms with E-state index in [9.17, 15) is 14.4 Å². The molecule has 2 aromatic rings. The predicted octanol–water partition coefficient (Wildman–Crippen LogP) is 3.45. The summed E-state index contributed by atoms with van der Waals surface area (Å²) in [4.78, 5) is 35.9. The molecule has 2 aromatic carbocycles. The zero-order valence-electron chi connectivity index (χ0n) is 19.0. The minimum Gasteiger partial charge on any atom is -0.476 e. The van der Waals surface area contributed by atoms with Gasteiger partial charge in [0.15, 0.2) is 5.60 Å². The number of benzene rings is 2. The molecular weight excluding hydrogens is 480 g/mol. The molecule has 0 aliphatic rings. The van der Waals surface area contributed by atoms with Crippen LogP contribution in [0.3, 0.4) is 0 Å². The molecule has 0 aromatic heterocycles. The second kappa shape index (κ2) is 13.5. The van der Waals surface area contributed by atoms with Crippen LogP contribution in [0.15, 0.2) is 48.5 Å². The highest BCUT2D eigenvalue weighted by atomic mass is 35.5. The van der Waals surface area contributed by atoms with E-state index in [1.165, 1.54) is 5.49 Å². The van der Waals surface area contributed by atoms with E-state index in [4.69, 9.17) is 25.8 Å². The summed E-state index contributed by atoms with van der Waals surface area (Å²) in [7, 11) is 0. The predicted molar refractivity (Wildman–Crippen MR) is 132 cm³/mol. The van der Waals surface area contributed by atoms with Crippen molar-refractivity contribution < 1.29 is 28.6 Å². The summed E-state index contributed by atoms with van der Waals surface area (Å²) in [6, 6.07) is 13.8. The first-order chi connectivity index (χ1) is 16.2. The standard InChI is InChI=1S/C24H27ClN2O6S/c1-24(2,23(30)32-16-31-21(28)12-13-26-15-34)33-20-9-3-17(4-10-20)11-14-27-22(29)18-5-7-19(25)8-6-18/h3-10,15H,11-14,16H2,1-2H3,(H,26,34)(H,27,29). The first-order valence-corrected chi connectivity index (χ1v) is 11.4. The van der Waals surface area contributed by atoms with E-state index in [1.807, 2.05) is 12.1 Å². The maximum absolute atomic E-state index is 12.3. The van der Waals surface area contributed by atoms with E-state index in [0.717, 1.165) is 5.56 Å². The minimum atomic E-state index is -1.29. The van der Waals surface area contributed by atoms with Gasteiger partial charge < -0.3 is 24.8 Å². The molecular formula is C24H27ClN2O6S. The van der Waals surface area contributed by atoms with Gasteiger partial charge in [-0.3, -0.25) is 9.59 Å². The van der Waals surface area contributed by atoms with Crippen molar-refractivity contribution in [3.05, 3.63) is 64.7 Å². The lowest BCUT2D eigenvalue weighted by Crippen LogP contribution is -2.40. The van der Waals surface area contributed by atoms with Gasteiger partial charge in [0.1, 0.15) is 5.75 Å². The molecule has 0 saturated carbocycles. The normalized spacial score (nSPS) is 10.7. The van der Waals surface area contributed by atoms with Gasteiger partial charge in [-0.25, -0.2) is 4.79 Å². The van der Waals surface area contributed by atoms with E-state index >= 15 is 0 Å². The zero-order chi connectivity index (χ0) is 25.0. The van der Waals surface area contributed by atoms with Crippen LogP contribution in [0.2, 0.25) is 5.02 Å². The van der Waals surface area contributed by atoms with Gasteiger partial charge in [-0.1, -0.05) is 36.0 Å². The Bertz CT molecular complexity index is 980. The van der Waals surface area contributed by atoms with E-state index in [2.05, 4.69) is 22.9 Å². The average molecular weight is 507 g/mol. The Hall–Kier alpha value is -3.17. The largest absolute Gasteiger partial charge is 0.476 e. The van der Waals surface area contributed by atoms with Gasteiger partial charge in [-0.15, -0.1) is 0 Å². The Balaban J connectivity index is 1.75. The minimum absolute atomic E-state index is 0.0989. The Morgan fingerprint density at radius 3 is 2.32 bits per heavy atom. The van der Waals surface area contributed by atoms with Gasteiger partial charge in [-0.05, 0) is 62.2 Å². The molecule has 34 heavy (non-hydrogen) atoms. The Labute approximate surface area is 208 Å². The number of thiocarbonyl (C=S) groups is 1. The van der Waals surface area contributed by atoms with Crippen molar-refractivity contribution in [3.63, 3.8) is 0 Å². The van der Waals surface area contributed by atoms with Crippen LogP contribution in [0.5, 0.6) is 5.75 Å². The number of carbonyl (C=O) groups is 3. The summed E-state index contributed by atoms with van der Waals surface area (Å²) in [5.74, 6) is -0.893. The number of hydrogen-bond donors (Lipinski definition) is 2. The fourth-order valence-electron chi connectivity index (χ4n) is 2.71. The molecule has 2 N–H and O–H groups in total. The summed E-state index contributed by atoms with van der Waals surface area (Å²) >= 11 is 10.4. The summed E-state index contributed by atoms with van der Waals surface area (Å²) in [6.45, 7) is 3.42. The molecule has 0 atom stereocenters. The lowest BCUT2D eigenvalue weighted by Gasteiger charge is -2.24. The number of esters is 2. The fourth-order valence-corrected chi connectivity index (χ4v) is 2.96. The third-order valence-electron chi connectivity index (χ3n) is 4.56. The van der Waals surface area contributed by atoms with Crippen molar-refractivity contribution in [1.29, 1.82) is 0 Å². The molecule has 0 heterocycles. The van der Waals surface area contributed by atoms with Crippen molar-refractivity contribution in [2.24, 2.45) is 0 Å². The highest BCUT2D eigenvalue weighted by molar-refractivity contribution is 7.78. The molecule has 0 unspecified atom stereocenters. The van der Waals surface area contributed by atoms with Crippen LogP contribution in [0.25, 0.3) is 0 Å². The van der Waals surface area contributed by atoms with Crippen LogP contribution in [0, 0.1) is 0 Å². The number of ether oxygens (including phenoxy) is 3. The average Bonchev–Trinajstić information content (AvgIpc) is 2.80. The maximum atomic E-state index is 12.3. The molecule has 0 aliphatic carbocycles. The molecule has 0 saturated heterocycles. The molecule has 1 amide bonds. The van der Waals surface area contributed by atoms with Gasteiger partial charge >= 0.3 is 11.9 Å². The topological polar surface area (TPSA) is 103 Å². The Morgan fingerprint density at radius 2 is 1.68 bits per heavy atom. The van der Waals surface area contributed by atoms with Gasteiger partial charge in [0.05, 0.1) is 11.9 Å². The van der Waals surface area contributed by atoms with E-state index in [-0.39, 0.29) is 12.3 Å². The third kappa shape index (κ3) is 9.36. The number of carbonyl (C=O) groups excluding carboxylic acids is 3. The van der Waals surface area contributed by atoms with Crippen LogP contribution in [-0.4, -0.2) is 48.8 Å². The monoisotopic (exact) mass is 506 g/mol. The molecule has 182 valence electrons. The highest BCUT2D eigenvalue weighted by Crippen LogP contribution is 2.20. The first-order valence-electron chi connectivity index (χ1n) is 10.5. The van der Waals surface area contributed by atoms with Crippen molar-refractivity contribution in [2.75, 3.05) is 19.9 Å². The molecule has 10 heteroatoms. The van der Waals surface area contributed by atoms with Gasteiger partial charge in [-0.2, -0.15) is 0 Å². The molecule has 0 fully saturated rings. The Morgan fingerprint density at radius 1 is 1.00 bits per heavy atom. The molecule has 0 aliphatic heterocycles. The van der Waals surface area contributed by atoms with Crippen LogP contribution in [0.4, 0.5) is 0 Å². The number of rotatable bonds is 13. The van der Waals surface area contributed by atoms with E-state index < -0.39 is 24.3 Å². The van der Waals surface area contributed by atoms with Crippen molar-refractivity contribution in [2.45, 2.75) is 32.3 Å². The van der Waals surface area contributed by atoms with Gasteiger partial charge in [0, 0.05) is 23.7 Å². The second-order valence-electron chi connectivity index (χ2n) is 7.66. The van der Waals surface area contributed by atoms with E-state index in [0.29, 0.717) is 35.8 Å². The van der Waals surface area contributed by atoms with E-state index in [1.54, 1.807) is 50.2 Å². The van der Waals surface area contributed by atoms with Crippen LogP contribution < -0.4 is 15.4 Å². The molecule has 2 rings (SSSR count). The summed E-state index contributed by atoms with van der Waals surface area (Å²) in [5.41, 5.74) is 1.54. The summed E-state index contributed by atoms with van der Waals surface area (Å²) in [6.07, 6.45) is 0.720. The summed E-state index contributed by atoms with van der Waals surface area (Å²) < 4.78 is 15.6. The van der Waals surface area contributed by atoms with Crippen LogP contribution in [0.1, 0.15) is 36.2 Å². The highest BCUT2D eigenvalue weighted by Gasteiger charge is 2.32.